The van der Waals surface area contributed by atoms with Gasteiger partial charge < -0.3 is 10.1 Å². The Labute approximate surface area is 158 Å². The lowest BCUT2D eigenvalue weighted by atomic mass is 10.1. The molecule has 6 nitrogen and oxygen atoms in total. The highest BCUT2D eigenvalue weighted by Gasteiger charge is 2.33. The number of nitrogens with zero attached hydrogens (tertiary/aromatic N) is 1. The summed E-state index contributed by atoms with van der Waals surface area (Å²) in [5.41, 5.74) is 3.58. The first-order chi connectivity index (χ1) is 12.8. The van der Waals surface area contributed by atoms with Crippen molar-refractivity contribution in [3.05, 3.63) is 53.1 Å². The van der Waals surface area contributed by atoms with Crippen LogP contribution >= 0.6 is 0 Å². The summed E-state index contributed by atoms with van der Waals surface area (Å²) in [4.78, 5) is 38.3. The lowest BCUT2D eigenvalue weighted by Gasteiger charge is -2.32. The number of carbonyl (C=O) groups is 3. The van der Waals surface area contributed by atoms with Crippen molar-refractivity contribution in [1.29, 1.82) is 0 Å². The molecule has 0 aliphatic carbocycles. The lowest BCUT2D eigenvalue weighted by molar-refractivity contribution is -0.127. The minimum Gasteiger partial charge on any atom is -0.479 e. The average Bonchev–Trinajstić information content (AvgIpc) is 2.61. The van der Waals surface area contributed by atoms with Crippen LogP contribution in [0.5, 0.6) is 5.75 Å². The zero-order valence-electron chi connectivity index (χ0n) is 15.8. The molecule has 6 heteroatoms. The van der Waals surface area contributed by atoms with E-state index in [1.807, 2.05) is 32.0 Å². The molecule has 3 rings (SSSR count). The van der Waals surface area contributed by atoms with Crippen LogP contribution in [0.1, 0.15) is 35.3 Å². The Morgan fingerprint density at radius 2 is 1.89 bits per heavy atom. The van der Waals surface area contributed by atoms with Gasteiger partial charge in [-0.15, -0.1) is 0 Å². The third-order valence-corrected chi connectivity index (χ3v) is 4.54. The Balaban J connectivity index is 1.88. The maximum absolute atomic E-state index is 12.6. The van der Waals surface area contributed by atoms with Crippen LogP contribution in [0.2, 0.25) is 0 Å². The molecule has 0 saturated carbocycles. The van der Waals surface area contributed by atoms with Gasteiger partial charge in [0.25, 0.3) is 5.91 Å². The number of carbonyl (C=O) groups excluding carboxylic acids is 3. The number of Topliss-reactive ketones (excluding diaryl/α,β-unsaturated/α-hetero) is 1. The van der Waals surface area contributed by atoms with Gasteiger partial charge >= 0.3 is 0 Å². The predicted molar refractivity (Wildman–Crippen MR) is 103 cm³/mol. The van der Waals surface area contributed by atoms with Crippen LogP contribution in [0.15, 0.2) is 36.4 Å². The molecule has 1 aliphatic rings. The fourth-order valence-corrected chi connectivity index (χ4v) is 2.99. The van der Waals surface area contributed by atoms with Crippen LogP contribution < -0.4 is 15.0 Å². The fraction of sp³-hybridized carbons (Fsp3) is 0.286. The molecule has 0 radical (unpaired) electrons. The van der Waals surface area contributed by atoms with Crippen LogP contribution in [-0.4, -0.2) is 30.2 Å². The summed E-state index contributed by atoms with van der Waals surface area (Å²) in [6.45, 7) is 6.79. The van der Waals surface area contributed by atoms with Gasteiger partial charge in [-0.3, -0.25) is 19.3 Å². The SMILES string of the molecule is CC(=O)c1ccc2c(c1)N(CC(=O)Nc1cc(C)ccc1C)C(=O)C(C)O2. The minimum atomic E-state index is -0.700. The van der Waals surface area contributed by atoms with Crippen molar-refractivity contribution < 1.29 is 19.1 Å². The number of benzene rings is 2. The summed E-state index contributed by atoms with van der Waals surface area (Å²) < 4.78 is 5.61. The van der Waals surface area contributed by atoms with E-state index in [2.05, 4.69) is 5.32 Å². The van der Waals surface area contributed by atoms with E-state index < -0.39 is 6.10 Å². The Bertz CT molecular complexity index is 936. The van der Waals surface area contributed by atoms with Crippen LogP contribution in [0.25, 0.3) is 0 Å². The largest absolute Gasteiger partial charge is 0.479 e. The zero-order valence-corrected chi connectivity index (χ0v) is 15.8. The van der Waals surface area contributed by atoms with E-state index >= 15 is 0 Å². The van der Waals surface area contributed by atoms with Crippen LogP contribution in [0.4, 0.5) is 11.4 Å². The second-order valence-corrected chi connectivity index (χ2v) is 6.79. The number of hydrogen-bond donors (Lipinski definition) is 1. The zero-order chi connectivity index (χ0) is 19.7. The molecule has 1 aliphatic heterocycles. The third kappa shape index (κ3) is 3.84. The Kier molecular flexibility index (Phi) is 4.99. The highest BCUT2D eigenvalue weighted by atomic mass is 16.5. The molecule has 2 aromatic rings. The van der Waals surface area contributed by atoms with Gasteiger partial charge in [0.05, 0.1) is 5.69 Å². The standard InChI is InChI=1S/C21H22N2O4/c1-12-5-6-13(2)17(9-12)22-20(25)11-23-18-10-16(14(3)24)7-8-19(18)27-15(4)21(23)26/h5-10,15H,11H2,1-4H3,(H,22,25). The summed E-state index contributed by atoms with van der Waals surface area (Å²) in [5, 5.41) is 2.86. The van der Waals surface area contributed by atoms with E-state index in [9.17, 15) is 14.4 Å². The molecule has 0 aromatic heterocycles. The van der Waals surface area contributed by atoms with Crippen molar-refractivity contribution in [2.24, 2.45) is 0 Å². The molecule has 1 N–H and O–H groups in total. The predicted octanol–water partition coefficient (Wildman–Crippen LogP) is 3.26. The topological polar surface area (TPSA) is 75.7 Å². The van der Waals surface area contributed by atoms with Crippen molar-refractivity contribution in [2.75, 3.05) is 16.8 Å². The Hall–Kier alpha value is -3.15. The molecule has 0 spiro atoms. The van der Waals surface area contributed by atoms with E-state index in [4.69, 9.17) is 4.74 Å². The van der Waals surface area contributed by atoms with Gasteiger partial charge in [0.2, 0.25) is 5.91 Å². The minimum absolute atomic E-state index is 0.122. The monoisotopic (exact) mass is 366 g/mol. The molecule has 1 unspecified atom stereocenters. The molecule has 140 valence electrons. The van der Waals surface area contributed by atoms with Crippen molar-refractivity contribution in [2.45, 2.75) is 33.8 Å². The molecule has 2 amide bonds. The number of ether oxygens (including phenoxy) is 1. The number of ketones is 1. The first-order valence-electron chi connectivity index (χ1n) is 8.76. The molecule has 0 fully saturated rings. The van der Waals surface area contributed by atoms with Crippen LogP contribution in [0, 0.1) is 13.8 Å². The summed E-state index contributed by atoms with van der Waals surface area (Å²) in [7, 11) is 0. The molecular weight excluding hydrogens is 344 g/mol. The average molecular weight is 366 g/mol. The molecule has 1 atom stereocenters. The van der Waals surface area contributed by atoms with E-state index in [1.54, 1.807) is 25.1 Å². The van der Waals surface area contributed by atoms with Gasteiger partial charge in [0.15, 0.2) is 11.9 Å². The first kappa shape index (κ1) is 18.6. The van der Waals surface area contributed by atoms with E-state index in [0.29, 0.717) is 22.7 Å². The number of hydrogen-bond acceptors (Lipinski definition) is 4. The summed E-state index contributed by atoms with van der Waals surface area (Å²) in [6, 6.07) is 10.7. The summed E-state index contributed by atoms with van der Waals surface area (Å²) >= 11 is 0. The van der Waals surface area contributed by atoms with E-state index in [-0.39, 0.29) is 24.1 Å². The molecular formula is C21H22N2O4. The highest BCUT2D eigenvalue weighted by molar-refractivity contribution is 6.07. The normalized spacial score (nSPS) is 15.8. The third-order valence-electron chi connectivity index (χ3n) is 4.54. The van der Waals surface area contributed by atoms with Gasteiger partial charge in [-0.05, 0) is 63.1 Å². The maximum Gasteiger partial charge on any atom is 0.268 e. The fourth-order valence-electron chi connectivity index (χ4n) is 2.99. The summed E-state index contributed by atoms with van der Waals surface area (Å²) in [5.74, 6) is -0.278. The smallest absolute Gasteiger partial charge is 0.268 e. The number of anilines is 2. The number of rotatable bonds is 4. The molecule has 27 heavy (non-hydrogen) atoms. The van der Waals surface area contributed by atoms with Crippen molar-refractivity contribution >= 4 is 29.0 Å². The number of aryl methyl sites for hydroxylation is 2. The number of fused-ring (bicyclic) bond motifs is 1. The number of amides is 2. The van der Waals surface area contributed by atoms with Crippen molar-refractivity contribution in [3.63, 3.8) is 0 Å². The maximum atomic E-state index is 12.6. The van der Waals surface area contributed by atoms with Gasteiger partial charge in [-0.25, -0.2) is 0 Å². The van der Waals surface area contributed by atoms with Gasteiger partial charge in [-0.1, -0.05) is 12.1 Å². The van der Waals surface area contributed by atoms with Gasteiger partial charge in [-0.2, -0.15) is 0 Å². The molecule has 0 bridgehead atoms. The second kappa shape index (κ2) is 7.23. The first-order valence-corrected chi connectivity index (χ1v) is 8.76. The lowest BCUT2D eigenvalue weighted by Crippen LogP contribution is -2.47. The number of nitrogens with one attached hydrogen (secondary N) is 1. The molecule has 0 saturated heterocycles. The van der Waals surface area contributed by atoms with E-state index in [1.165, 1.54) is 11.8 Å². The van der Waals surface area contributed by atoms with Gasteiger partial charge in [0, 0.05) is 11.3 Å². The molecule has 1 heterocycles. The second-order valence-electron chi connectivity index (χ2n) is 6.79. The Morgan fingerprint density at radius 3 is 2.59 bits per heavy atom. The highest BCUT2D eigenvalue weighted by Crippen LogP contribution is 2.35. The van der Waals surface area contributed by atoms with E-state index in [0.717, 1.165) is 11.1 Å². The van der Waals surface area contributed by atoms with Crippen molar-refractivity contribution in [1.82, 2.24) is 0 Å². The Morgan fingerprint density at radius 1 is 1.15 bits per heavy atom. The van der Waals surface area contributed by atoms with Crippen LogP contribution in [0.3, 0.4) is 0 Å². The van der Waals surface area contributed by atoms with Crippen LogP contribution in [-0.2, 0) is 9.59 Å². The van der Waals surface area contributed by atoms with Crippen molar-refractivity contribution in [3.8, 4) is 5.75 Å². The quantitative estimate of drug-likeness (QED) is 0.843. The summed E-state index contributed by atoms with van der Waals surface area (Å²) in [6.07, 6.45) is -0.700. The molecule has 2 aromatic carbocycles. The van der Waals surface area contributed by atoms with Gasteiger partial charge in [0.1, 0.15) is 12.3 Å².